The molecule has 0 aliphatic heterocycles. The second-order valence-electron chi connectivity index (χ2n) is 3.53. The fraction of sp³-hybridized carbons (Fsp3) is 0.0833. The van der Waals surface area contributed by atoms with E-state index in [2.05, 4.69) is 37.2 Å². The summed E-state index contributed by atoms with van der Waals surface area (Å²) in [5.41, 5.74) is 1.87. The molecule has 17 heavy (non-hydrogen) atoms. The molecular weight excluding hydrogens is 366 g/mol. The number of anilines is 1. The highest BCUT2D eigenvalue weighted by Crippen LogP contribution is 2.28. The third-order valence-electron chi connectivity index (χ3n) is 2.18. The number of carbonyl (C=O) groups excluding carboxylic acids is 1. The number of halogens is 2. The van der Waals surface area contributed by atoms with E-state index in [1.165, 1.54) is 11.3 Å². The molecular formula is C12H9Br2NOS. The molecule has 0 fully saturated rings. The number of amides is 1. The quantitative estimate of drug-likeness (QED) is 0.800. The molecule has 1 aromatic carbocycles. The first-order chi connectivity index (χ1) is 8.06. The van der Waals surface area contributed by atoms with Crippen LogP contribution in [0.25, 0.3) is 0 Å². The number of thiophene rings is 1. The Morgan fingerprint density at radius 2 is 1.88 bits per heavy atom. The zero-order valence-corrected chi connectivity index (χ0v) is 12.9. The summed E-state index contributed by atoms with van der Waals surface area (Å²) < 4.78 is 1.99. The highest BCUT2D eigenvalue weighted by molar-refractivity contribution is 9.11. The summed E-state index contributed by atoms with van der Waals surface area (Å²) in [6.07, 6.45) is 0. The average Bonchev–Trinajstić information content (AvgIpc) is 2.63. The standard InChI is InChI=1S/C12H9Br2NOS/c1-7-6-10(17-11(7)14)12(16)15-9-4-2-8(13)3-5-9/h2-6H,1H3,(H,15,16). The first-order valence-electron chi connectivity index (χ1n) is 4.89. The monoisotopic (exact) mass is 373 g/mol. The minimum atomic E-state index is -0.0777. The van der Waals surface area contributed by atoms with Crippen molar-refractivity contribution in [3.8, 4) is 0 Å². The van der Waals surface area contributed by atoms with Gasteiger partial charge < -0.3 is 5.32 Å². The molecule has 2 aromatic rings. The first kappa shape index (κ1) is 12.8. The third-order valence-corrected chi connectivity index (χ3v) is 4.85. The largest absolute Gasteiger partial charge is 0.321 e. The van der Waals surface area contributed by atoms with Gasteiger partial charge in [0.1, 0.15) is 0 Å². The van der Waals surface area contributed by atoms with Gasteiger partial charge in [-0.25, -0.2) is 0 Å². The van der Waals surface area contributed by atoms with Crippen molar-refractivity contribution in [1.29, 1.82) is 0 Å². The van der Waals surface area contributed by atoms with Crippen LogP contribution >= 0.6 is 43.2 Å². The Hall–Kier alpha value is -0.650. The normalized spacial score (nSPS) is 10.3. The van der Waals surface area contributed by atoms with Gasteiger partial charge in [0.05, 0.1) is 8.66 Å². The Kier molecular flexibility index (Phi) is 4.01. The topological polar surface area (TPSA) is 29.1 Å². The van der Waals surface area contributed by atoms with E-state index in [9.17, 15) is 4.79 Å². The first-order valence-corrected chi connectivity index (χ1v) is 7.29. The van der Waals surface area contributed by atoms with Gasteiger partial charge in [0.15, 0.2) is 0 Å². The molecule has 0 aliphatic carbocycles. The molecule has 0 saturated heterocycles. The molecule has 2 rings (SSSR count). The van der Waals surface area contributed by atoms with E-state index in [1.807, 2.05) is 37.3 Å². The third kappa shape index (κ3) is 3.18. The molecule has 5 heteroatoms. The molecule has 88 valence electrons. The maximum Gasteiger partial charge on any atom is 0.265 e. The van der Waals surface area contributed by atoms with Gasteiger partial charge in [0.2, 0.25) is 0 Å². The molecule has 0 atom stereocenters. The van der Waals surface area contributed by atoms with Gasteiger partial charge in [0, 0.05) is 10.2 Å². The van der Waals surface area contributed by atoms with Crippen molar-refractivity contribution in [3.63, 3.8) is 0 Å². The van der Waals surface area contributed by atoms with E-state index < -0.39 is 0 Å². The molecule has 0 unspecified atom stereocenters. The summed E-state index contributed by atoms with van der Waals surface area (Å²) in [7, 11) is 0. The molecule has 1 amide bonds. The van der Waals surface area contributed by atoms with E-state index >= 15 is 0 Å². The molecule has 1 N–H and O–H groups in total. The predicted octanol–water partition coefficient (Wildman–Crippen LogP) is 4.83. The van der Waals surface area contributed by atoms with E-state index in [-0.39, 0.29) is 5.91 Å². The lowest BCUT2D eigenvalue weighted by atomic mass is 10.3. The van der Waals surface area contributed by atoms with Crippen molar-refractivity contribution in [3.05, 3.63) is 49.0 Å². The molecule has 0 aliphatic rings. The van der Waals surface area contributed by atoms with Crippen molar-refractivity contribution < 1.29 is 4.79 Å². The summed E-state index contributed by atoms with van der Waals surface area (Å²) in [6, 6.07) is 9.38. The smallest absolute Gasteiger partial charge is 0.265 e. The van der Waals surface area contributed by atoms with E-state index in [1.54, 1.807) is 0 Å². The van der Waals surface area contributed by atoms with Crippen molar-refractivity contribution >= 4 is 54.8 Å². The molecule has 0 bridgehead atoms. The number of hydrogen-bond donors (Lipinski definition) is 1. The number of benzene rings is 1. The average molecular weight is 375 g/mol. The van der Waals surface area contributed by atoms with Crippen LogP contribution in [0.3, 0.4) is 0 Å². The second kappa shape index (κ2) is 5.33. The second-order valence-corrected chi connectivity index (χ2v) is 6.81. The lowest BCUT2D eigenvalue weighted by Crippen LogP contribution is -2.09. The van der Waals surface area contributed by atoms with Gasteiger partial charge in [0.25, 0.3) is 5.91 Å². The lowest BCUT2D eigenvalue weighted by molar-refractivity contribution is 0.103. The zero-order valence-electron chi connectivity index (χ0n) is 8.96. The van der Waals surface area contributed by atoms with Crippen molar-refractivity contribution in [2.45, 2.75) is 6.92 Å². The Balaban J connectivity index is 2.14. The van der Waals surface area contributed by atoms with Gasteiger partial charge in [-0.3, -0.25) is 4.79 Å². The number of hydrogen-bond acceptors (Lipinski definition) is 2. The Morgan fingerprint density at radius 1 is 1.24 bits per heavy atom. The van der Waals surface area contributed by atoms with Crippen LogP contribution in [0.1, 0.15) is 15.2 Å². The maximum atomic E-state index is 11.9. The predicted molar refractivity (Wildman–Crippen MR) is 78.9 cm³/mol. The highest BCUT2D eigenvalue weighted by Gasteiger charge is 2.11. The van der Waals surface area contributed by atoms with E-state index in [4.69, 9.17) is 0 Å². The molecule has 0 saturated carbocycles. The number of aryl methyl sites for hydroxylation is 1. The number of rotatable bonds is 2. The minimum Gasteiger partial charge on any atom is -0.321 e. The molecule has 1 heterocycles. The molecule has 0 spiro atoms. The highest BCUT2D eigenvalue weighted by atomic mass is 79.9. The van der Waals surface area contributed by atoms with E-state index in [0.717, 1.165) is 19.5 Å². The SMILES string of the molecule is Cc1cc(C(=O)Nc2ccc(Br)cc2)sc1Br. The maximum absolute atomic E-state index is 11.9. The van der Waals surface area contributed by atoms with Crippen molar-refractivity contribution in [2.75, 3.05) is 5.32 Å². The fourth-order valence-electron chi connectivity index (χ4n) is 1.30. The van der Waals surface area contributed by atoms with Crippen LogP contribution in [0.5, 0.6) is 0 Å². The van der Waals surface area contributed by atoms with Crippen LogP contribution < -0.4 is 5.32 Å². The summed E-state index contributed by atoms with van der Waals surface area (Å²) in [5, 5.41) is 2.86. The Bertz CT molecular complexity index is 529. The zero-order chi connectivity index (χ0) is 12.4. The van der Waals surface area contributed by atoms with Crippen LogP contribution in [0, 0.1) is 6.92 Å². The summed E-state index contributed by atoms with van der Waals surface area (Å²) in [5.74, 6) is -0.0777. The Labute approximate surface area is 120 Å². The molecule has 1 aromatic heterocycles. The van der Waals surface area contributed by atoms with Crippen LogP contribution in [0.2, 0.25) is 0 Å². The number of carbonyl (C=O) groups is 1. The van der Waals surface area contributed by atoms with Gasteiger partial charge in [-0.2, -0.15) is 0 Å². The fourth-order valence-corrected chi connectivity index (χ4v) is 2.99. The number of nitrogens with one attached hydrogen (secondary N) is 1. The van der Waals surface area contributed by atoms with Gasteiger partial charge >= 0.3 is 0 Å². The van der Waals surface area contributed by atoms with Crippen LogP contribution in [-0.4, -0.2) is 5.91 Å². The molecule has 2 nitrogen and oxygen atoms in total. The van der Waals surface area contributed by atoms with Crippen LogP contribution in [0.4, 0.5) is 5.69 Å². The summed E-state index contributed by atoms with van der Waals surface area (Å²) in [6.45, 7) is 1.97. The lowest BCUT2D eigenvalue weighted by Gasteiger charge is -2.02. The van der Waals surface area contributed by atoms with Gasteiger partial charge in [-0.1, -0.05) is 15.9 Å². The van der Waals surface area contributed by atoms with Crippen molar-refractivity contribution in [2.24, 2.45) is 0 Å². The van der Waals surface area contributed by atoms with E-state index in [0.29, 0.717) is 4.88 Å². The van der Waals surface area contributed by atoms with Gasteiger partial charge in [-0.05, 0) is 58.7 Å². The van der Waals surface area contributed by atoms with Crippen molar-refractivity contribution in [1.82, 2.24) is 0 Å². The molecule has 0 radical (unpaired) electrons. The minimum absolute atomic E-state index is 0.0777. The summed E-state index contributed by atoms with van der Waals surface area (Å²) in [4.78, 5) is 12.6. The van der Waals surface area contributed by atoms with Crippen LogP contribution in [-0.2, 0) is 0 Å². The Morgan fingerprint density at radius 3 is 2.41 bits per heavy atom. The van der Waals surface area contributed by atoms with Crippen LogP contribution in [0.15, 0.2) is 38.6 Å². The summed E-state index contributed by atoms with van der Waals surface area (Å²) >= 11 is 8.20. The van der Waals surface area contributed by atoms with Gasteiger partial charge in [-0.15, -0.1) is 11.3 Å².